The maximum absolute atomic E-state index is 4.33. The Kier molecular flexibility index (Phi) is 1.63. The number of hydrogen-bond acceptors (Lipinski definition) is 4. The van der Waals surface area contributed by atoms with Gasteiger partial charge in [-0.1, -0.05) is 11.8 Å². The van der Waals surface area contributed by atoms with Crippen molar-refractivity contribution in [2.24, 2.45) is 9.98 Å². The molecule has 0 fully saturated rings. The molecule has 0 N–H and O–H groups in total. The van der Waals surface area contributed by atoms with Gasteiger partial charge in [0.25, 0.3) is 0 Å². The van der Waals surface area contributed by atoms with Crippen molar-refractivity contribution in [2.45, 2.75) is 0 Å². The van der Waals surface area contributed by atoms with Crippen molar-refractivity contribution in [1.29, 1.82) is 0 Å². The number of rotatable bonds is 0. The molecular weight excluding hydrogens is 146 g/mol. The first kappa shape index (κ1) is 6.22. The van der Waals surface area contributed by atoms with Crippen LogP contribution in [0, 0.1) is 0 Å². The van der Waals surface area contributed by atoms with Gasteiger partial charge in [-0.25, -0.2) is 0 Å². The zero-order valence-electron chi connectivity index (χ0n) is 5.66. The Labute approximate surface area is 64.2 Å². The van der Waals surface area contributed by atoms with Gasteiger partial charge in [-0.2, -0.15) is 0 Å². The third kappa shape index (κ3) is 1.03. The van der Waals surface area contributed by atoms with Gasteiger partial charge in [0.2, 0.25) is 0 Å². The smallest absolute Gasteiger partial charge is 0.164 e. The molecule has 54 valence electrons. The fourth-order valence-corrected chi connectivity index (χ4v) is 1.87. The van der Waals surface area contributed by atoms with Crippen LogP contribution in [-0.2, 0) is 0 Å². The van der Waals surface area contributed by atoms with Gasteiger partial charge < -0.3 is 4.90 Å². The first-order valence-corrected chi connectivity index (χ1v) is 4.39. The van der Waals surface area contributed by atoms with Gasteiger partial charge in [-0.05, 0) is 0 Å². The predicted octanol–water partition coefficient (Wildman–Crippen LogP) is 0.433. The number of aliphatic imine (C=N–C) groups is 2. The highest BCUT2D eigenvalue weighted by atomic mass is 32.2. The molecule has 10 heavy (non-hydrogen) atoms. The standard InChI is InChI=1S/C6H9N3S/c1-3-9(5-7-1)6-8-2-4-10-6/h5H,1-4H2. The molecular formula is C6H9N3S. The van der Waals surface area contributed by atoms with Gasteiger partial charge in [-0.15, -0.1) is 0 Å². The summed E-state index contributed by atoms with van der Waals surface area (Å²) < 4.78 is 0. The summed E-state index contributed by atoms with van der Waals surface area (Å²) >= 11 is 1.82. The molecule has 0 unspecified atom stereocenters. The van der Waals surface area contributed by atoms with E-state index in [1.54, 1.807) is 0 Å². The Morgan fingerprint density at radius 1 is 1.50 bits per heavy atom. The third-order valence-electron chi connectivity index (χ3n) is 1.51. The van der Waals surface area contributed by atoms with Gasteiger partial charge in [0.15, 0.2) is 5.17 Å². The number of thioether (sulfide) groups is 1. The molecule has 3 nitrogen and oxygen atoms in total. The van der Waals surface area contributed by atoms with Crippen LogP contribution in [0.25, 0.3) is 0 Å². The highest BCUT2D eigenvalue weighted by Crippen LogP contribution is 2.15. The minimum Gasteiger partial charge on any atom is -0.310 e. The van der Waals surface area contributed by atoms with E-state index in [4.69, 9.17) is 0 Å². The Hall–Kier alpha value is -0.510. The summed E-state index contributed by atoms with van der Waals surface area (Å²) in [7, 11) is 0. The topological polar surface area (TPSA) is 28.0 Å². The van der Waals surface area contributed by atoms with Gasteiger partial charge in [0.05, 0.1) is 19.4 Å². The van der Waals surface area contributed by atoms with E-state index in [0.29, 0.717) is 0 Å². The second-order valence-corrected chi connectivity index (χ2v) is 3.29. The molecule has 0 saturated heterocycles. The maximum Gasteiger partial charge on any atom is 0.164 e. The number of amidine groups is 1. The number of nitrogens with zero attached hydrogens (tertiary/aromatic N) is 3. The monoisotopic (exact) mass is 155 g/mol. The van der Waals surface area contributed by atoms with Crippen molar-refractivity contribution in [1.82, 2.24) is 4.90 Å². The van der Waals surface area contributed by atoms with E-state index in [9.17, 15) is 0 Å². The molecule has 0 aromatic carbocycles. The van der Waals surface area contributed by atoms with Crippen LogP contribution in [0.5, 0.6) is 0 Å². The van der Waals surface area contributed by atoms with Crippen LogP contribution in [-0.4, -0.2) is 41.8 Å². The highest BCUT2D eigenvalue weighted by Gasteiger charge is 2.15. The molecule has 2 rings (SSSR count). The lowest BCUT2D eigenvalue weighted by atomic mass is 10.6. The summed E-state index contributed by atoms with van der Waals surface area (Å²) in [6.07, 6.45) is 1.89. The molecule has 0 aromatic rings. The van der Waals surface area contributed by atoms with Crippen LogP contribution < -0.4 is 0 Å². The highest BCUT2D eigenvalue weighted by molar-refractivity contribution is 8.14. The second-order valence-electron chi connectivity index (χ2n) is 2.23. The lowest BCUT2D eigenvalue weighted by Gasteiger charge is -2.10. The lowest BCUT2D eigenvalue weighted by molar-refractivity contribution is 0.689. The molecule has 2 aliphatic rings. The zero-order valence-corrected chi connectivity index (χ0v) is 6.47. The minimum absolute atomic E-state index is 0.930. The Morgan fingerprint density at radius 2 is 2.50 bits per heavy atom. The van der Waals surface area contributed by atoms with Crippen molar-refractivity contribution in [3.05, 3.63) is 0 Å². The molecule has 0 aromatic heterocycles. The quantitative estimate of drug-likeness (QED) is 0.507. The van der Waals surface area contributed by atoms with E-state index in [2.05, 4.69) is 14.9 Å². The average molecular weight is 155 g/mol. The fraction of sp³-hybridized carbons (Fsp3) is 0.667. The molecule has 0 spiro atoms. The molecule has 0 saturated carbocycles. The van der Waals surface area contributed by atoms with Crippen LogP contribution in [0.1, 0.15) is 0 Å². The maximum atomic E-state index is 4.33. The summed E-state index contributed by atoms with van der Waals surface area (Å²) in [6, 6.07) is 0. The summed E-state index contributed by atoms with van der Waals surface area (Å²) in [5.41, 5.74) is 0. The van der Waals surface area contributed by atoms with Gasteiger partial charge >= 0.3 is 0 Å². The van der Waals surface area contributed by atoms with Crippen LogP contribution in [0.4, 0.5) is 0 Å². The summed E-state index contributed by atoms with van der Waals surface area (Å²) in [5.74, 6) is 1.14. The molecule has 4 heteroatoms. The van der Waals surface area contributed by atoms with Crippen LogP contribution in [0.2, 0.25) is 0 Å². The van der Waals surface area contributed by atoms with Crippen molar-refractivity contribution in [3.8, 4) is 0 Å². The average Bonchev–Trinajstić information content (AvgIpc) is 2.59. The largest absolute Gasteiger partial charge is 0.310 e. The SMILES string of the molecule is C1=NCCN1C1=NCCS1. The normalized spacial score (nSPS) is 24.0. The Balaban J connectivity index is 2.04. The third-order valence-corrected chi connectivity index (χ3v) is 2.51. The molecule has 0 amide bonds. The van der Waals surface area contributed by atoms with Crippen molar-refractivity contribution < 1.29 is 0 Å². The summed E-state index contributed by atoms with van der Waals surface area (Å²) in [6.45, 7) is 2.93. The molecule has 2 heterocycles. The van der Waals surface area contributed by atoms with Crippen LogP contribution in [0.15, 0.2) is 9.98 Å². The lowest BCUT2D eigenvalue weighted by Crippen LogP contribution is -2.23. The van der Waals surface area contributed by atoms with Crippen LogP contribution >= 0.6 is 11.8 Å². The van der Waals surface area contributed by atoms with E-state index in [1.807, 2.05) is 18.1 Å². The van der Waals surface area contributed by atoms with Gasteiger partial charge in [0.1, 0.15) is 0 Å². The summed E-state index contributed by atoms with van der Waals surface area (Å²) in [5, 5.41) is 1.15. The Morgan fingerprint density at radius 3 is 3.10 bits per heavy atom. The van der Waals surface area contributed by atoms with E-state index >= 15 is 0 Å². The van der Waals surface area contributed by atoms with E-state index in [-0.39, 0.29) is 0 Å². The molecule has 0 atom stereocenters. The minimum atomic E-state index is 0.930. The van der Waals surface area contributed by atoms with Crippen molar-refractivity contribution >= 4 is 23.3 Å². The second kappa shape index (κ2) is 2.62. The molecule has 0 bridgehead atoms. The number of hydrogen-bond donors (Lipinski definition) is 0. The Bertz CT molecular complexity index is 187. The zero-order chi connectivity index (χ0) is 6.81. The molecule has 2 aliphatic heterocycles. The van der Waals surface area contributed by atoms with E-state index in [1.165, 1.54) is 0 Å². The van der Waals surface area contributed by atoms with Crippen LogP contribution in [0.3, 0.4) is 0 Å². The van der Waals surface area contributed by atoms with Crippen molar-refractivity contribution in [3.63, 3.8) is 0 Å². The van der Waals surface area contributed by atoms with Gasteiger partial charge in [-0.3, -0.25) is 9.98 Å². The predicted molar refractivity (Wildman–Crippen MR) is 44.8 cm³/mol. The molecule has 0 radical (unpaired) electrons. The van der Waals surface area contributed by atoms with Crippen molar-refractivity contribution in [2.75, 3.05) is 25.4 Å². The first-order chi connectivity index (χ1) is 4.97. The van der Waals surface area contributed by atoms with E-state index in [0.717, 1.165) is 30.6 Å². The molecule has 0 aliphatic carbocycles. The van der Waals surface area contributed by atoms with E-state index < -0.39 is 0 Å². The first-order valence-electron chi connectivity index (χ1n) is 3.41. The summed E-state index contributed by atoms with van der Waals surface area (Å²) in [4.78, 5) is 10.6. The fourth-order valence-electron chi connectivity index (χ4n) is 1.02. The van der Waals surface area contributed by atoms with Gasteiger partial charge in [0, 0.05) is 12.3 Å².